The van der Waals surface area contributed by atoms with E-state index in [1.807, 2.05) is 0 Å². The van der Waals surface area contributed by atoms with Crippen LogP contribution in [0.4, 0.5) is 0 Å². The summed E-state index contributed by atoms with van der Waals surface area (Å²) in [6.07, 6.45) is -0.540. The lowest BCUT2D eigenvalue weighted by Gasteiger charge is -2.21. The number of carbonyl (C=O) groups excluding carboxylic acids is 1. The molecule has 5 nitrogen and oxygen atoms in total. The normalized spacial score (nSPS) is 12.6. The maximum absolute atomic E-state index is 11.5. The molecule has 0 aliphatic rings. The van der Waals surface area contributed by atoms with Gasteiger partial charge in [0.1, 0.15) is 6.10 Å². The molecular formula is C8H18N2O3. The van der Waals surface area contributed by atoms with E-state index in [4.69, 9.17) is 15.2 Å². The number of likely N-dealkylation sites (N-methyl/N-ethyl adjacent to an activating group) is 1. The van der Waals surface area contributed by atoms with Gasteiger partial charge >= 0.3 is 0 Å². The molecule has 5 heteroatoms. The monoisotopic (exact) mass is 190 g/mol. The van der Waals surface area contributed by atoms with Gasteiger partial charge in [-0.15, -0.1) is 0 Å². The number of hydrogen-bond acceptors (Lipinski definition) is 4. The van der Waals surface area contributed by atoms with Gasteiger partial charge in [0, 0.05) is 34.4 Å². The Morgan fingerprint density at radius 2 is 2.15 bits per heavy atom. The molecule has 0 aromatic heterocycles. The van der Waals surface area contributed by atoms with Crippen molar-refractivity contribution in [3.63, 3.8) is 0 Å². The molecule has 78 valence electrons. The number of amides is 1. The Balaban J connectivity index is 3.92. The molecule has 0 aromatic rings. The molecule has 0 heterocycles. The zero-order valence-corrected chi connectivity index (χ0v) is 8.45. The van der Waals surface area contributed by atoms with Crippen molar-refractivity contribution in [1.82, 2.24) is 4.90 Å². The molecule has 2 N–H and O–H groups in total. The highest BCUT2D eigenvalue weighted by atomic mass is 16.5. The van der Waals surface area contributed by atoms with E-state index in [1.54, 1.807) is 19.1 Å². The minimum atomic E-state index is -0.540. The second kappa shape index (κ2) is 6.82. The first-order chi connectivity index (χ1) is 6.17. The molecule has 0 radical (unpaired) electrons. The fraction of sp³-hybridized carbons (Fsp3) is 0.875. The summed E-state index contributed by atoms with van der Waals surface area (Å²) in [5, 5.41) is 0. The van der Waals surface area contributed by atoms with E-state index < -0.39 is 6.10 Å². The molecule has 1 unspecified atom stereocenters. The third-order valence-electron chi connectivity index (χ3n) is 1.78. The summed E-state index contributed by atoms with van der Waals surface area (Å²) in [5.74, 6) is -0.109. The minimum Gasteiger partial charge on any atom is -0.383 e. The molecule has 0 aliphatic heterocycles. The Hall–Kier alpha value is -0.650. The van der Waals surface area contributed by atoms with Gasteiger partial charge in [-0.3, -0.25) is 4.79 Å². The molecule has 0 saturated heterocycles. The largest absolute Gasteiger partial charge is 0.383 e. The SMILES string of the molecule is COCCN(C)C(=O)C(CN)OC. The number of carbonyl (C=O) groups is 1. The van der Waals surface area contributed by atoms with E-state index in [2.05, 4.69) is 0 Å². The van der Waals surface area contributed by atoms with Crippen LogP contribution in [0.2, 0.25) is 0 Å². The van der Waals surface area contributed by atoms with E-state index in [0.29, 0.717) is 13.2 Å². The number of methoxy groups -OCH3 is 2. The molecule has 0 rings (SSSR count). The van der Waals surface area contributed by atoms with Crippen LogP contribution in [0.5, 0.6) is 0 Å². The van der Waals surface area contributed by atoms with Gasteiger partial charge in [0.2, 0.25) is 0 Å². The molecule has 0 aromatic carbocycles. The van der Waals surface area contributed by atoms with Crippen molar-refractivity contribution < 1.29 is 14.3 Å². The lowest BCUT2D eigenvalue weighted by molar-refractivity contribution is -0.140. The first-order valence-corrected chi connectivity index (χ1v) is 4.14. The van der Waals surface area contributed by atoms with Crippen molar-refractivity contribution in [2.45, 2.75) is 6.10 Å². The number of nitrogens with two attached hydrogens (primary N) is 1. The van der Waals surface area contributed by atoms with Crippen LogP contribution in [0, 0.1) is 0 Å². The fourth-order valence-corrected chi connectivity index (χ4v) is 0.882. The molecule has 0 saturated carbocycles. The maximum atomic E-state index is 11.5. The fourth-order valence-electron chi connectivity index (χ4n) is 0.882. The Morgan fingerprint density at radius 3 is 2.54 bits per heavy atom. The molecule has 0 fully saturated rings. The van der Waals surface area contributed by atoms with Crippen molar-refractivity contribution in [3.8, 4) is 0 Å². The van der Waals surface area contributed by atoms with E-state index in [1.165, 1.54) is 7.11 Å². The van der Waals surface area contributed by atoms with Crippen LogP contribution in [-0.2, 0) is 14.3 Å². The Bertz CT molecular complexity index is 148. The van der Waals surface area contributed by atoms with Crippen LogP contribution in [0.25, 0.3) is 0 Å². The maximum Gasteiger partial charge on any atom is 0.252 e. The quantitative estimate of drug-likeness (QED) is 0.587. The first-order valence-electron chi connectivity index (χ1n) is 4.14. The van der Waals surface area contributed by atoms with Gasteiger partial charge in [0.15, 0.2) is 0 Å². The number of hydrogen-bond donors (Lipinski definition) is 1. The summed E-state index contributed by atoms with van der Waals surface area (Å²) in [5.41, 5.74) is 5.35. The molecule has 1 atom stereocenters. The number of ether oxygens (including phenoxy) is 2. The predicted molar refractivity (Wildman–Crippen MR) is 49.4 cm³/mol. The zero-order valence-electron chi connectivity index (χ0n) is 8.45. The molecular weight excluding hydrogens is 172 g/mol. The van der Waals surface area contributed by atoms with E-state index in [9.17, 15) is 4.79 Å². The van der Waals surface area contributed by atoms with Gasteiger partial charge in [-0.25, -0.2) is 0 Å². The summed E-state index contributed by atoms with van der Waals surface area (Å²) in [4.78, 5) is 13.0. The van der Waals surface area contributed by atoms with Crippen LogP contribution in [0.1, 0.15) is 0 Å². The Labute approximate surface area is 78.8 Å². The van der Waals surface area contributed by atoms with Crippen molar-refractivity contribution in [3.05, 3.63) is 0 Å². The lowest BCUT2D eigenvalue weighted by Crippen LogP contribution is -2.42. The average Bonchev–Trinajstić information content (AvgIpc) is 2.15. The topological polar surface area (TPSA) is 64.8 Å². The molecule has 1 amide bonds. The van der Waals surface area contributed by atoms with Crippen molar-refractivity contribution in [1.29, 1.82) is 0 Å². The standard InChI is InChI=1S/C8H18N2O3/c1-10(4-5-12-2)8(11)7(6-9)13-3/h7H,4-6,9H2,1-3H3. The van der Waals surface area contributed by atoms with E-state index in [0.717, 1.165) is 0 Å². The summed E-state index contributed by atoms with van der Waals surface area (Å²) < 4.78 is 9.75. The van der Waals surface area contributed by atoms with Crippen molar-refractivity contribution >= 4 is 5.91 Å². The molecule has 13 heavy (non-hydrogen) atoms. The van der Waals surface area contributed by atoms with Crippen LogP contribution in [-0.4, -0.2) is 57.9 Å². The van der Waals surface area contributed by atoms with Crippen LogP contribution >= 0.6 is 0 Å². The highest BCUT2D eigenvalue weighted by Gasteiger charge is 2.19. The third kappa shape index (κ3) is 4.21. The van der Waals surface area contributed by atoms with Crippen molar-refractivity contribution in [2.75, 3.05) is 41.0 Å². The van der Waals surface area contributed by atoms with Crippen LogP contribution < -0.4 is 5.73 Å². The second-order valence-corrected chi connectivity index (χ2v) is 2.71. The molecule has 0 aliphatic carbocycles. The smallest absolute Gasteiger partial charge is 0.252 e. The number of nitrogens with zero attached hydrogens (tertiary/aromatic N) is 1. The molecule has 0 bridgehead atoms. The summed E-state index contributed by atoms with van der Waals surface area (Å²) in [6, 6.07) is 0. The highest BCUT2D eigenvalue weighted by Crippen LogP contribution is 1.94. The Kier molecular flexibility index (Phi) is 6.48. The molecule has 0 spiro atoms. The minimum absolute atomic E-state index is 0.109. The van der Waals surface area contributed by atoms with Crippen molar-refractivity contribution in [2.24, 2.45) is 5.73 Å². The van der Waals surface area contributed by atoms with Gasteiger partial charge in [0.25, 0.3) is 5.91 Å². The number of rotatable bonds is 6. The van der Waals surface area contributed by atoms with Gasteiger partial charge in [0.05, 0.1) is 6.61 Å². The summed E-state index contributed by atoms with van der Waals surface area (Å²) in [7, 11) is 4.76. The highest BCUT2D eigenvalue weighted by molar-refractivity contribution is 5.80. The van der Waals surface area contributed by atoms with Gasteiger partial charge < -0.3 is 20.1 Å². The first kappa shape index (κ1) is 12.3. The van der Waals surface area contributed by atoms with Crippen LogP contribution in [0.3, 0.4) is 0 Å². The second-order valence-electron chi connectivity index (χ2n) is 2.71. The van der Waals surface area contributed by atoms with Gasteiger partial charge in [-0.1, -0.05) is 0 Å². The summed E-state index contributed by atoms with van der Waals surface area (Å²) >= 11 is 0. The predicted octanol–water partition coefficient (Wildman–Crippen LogP) is -0.935. The van der Waals surface area contributed by atoms with E-state index >= 15 is 0 Å². The van der Waals surface area contributed by atoms with Gasteiger partial charge in [-0.05, 0) is 0 Å². The Morgan fingerprint density at radius 1 is 1.54 bits per heavy atom. The lowest BCUT2D eigenvalue weighted by atomic mass is 10.3. The zero-order chi connectivity index (χ0) is 10.3. The summed E-state index contributed by atoms with van der Waals surface area (Å²) in [6.45, 7) is 1.27. The van der Waals surface area contributed by atoms with Crippen LogP contribution in [0.15, 0.2) is 0 Å². The average molecular weight is 190 g/mol. The van der Waals surface area contributed by atoms with E-state index in [-0.39, 0.29) is 12.5 Å². The third-order valence-corrected chi connectivity index (χ3v) is 1.78. The van der Waals surface area contributed by atoms with Gasteiger partial charge in [-0.2, -0.15) is 0 Å².